The highest BCUT2D eigenvalue weighted by molar-refractivity contribution is 6.03. The predicted molar refractivity (Wildman–Crippen MR) is 118 cm³/mol. The smallest absolute Gasteiger partial charge is 0.222 e. The summed E-state index contributed by atoms with van der Waals surface area (Å²) in [5.41, 5.74) is 3.77. The standard InChI is InChI=1S/C25H28N2O3/c1-4-5-8-13-30-24-16(2)14-22-18(23(24)28)15-19(25(27-22)29-3)21-12-11-17-9-6-7-10-20(17)26-21/h6-7,9-12,15-16,24H,4-5,8,13-14H2,1-3H3/t16-,24+/m1/s1. The van der Waals surface area contributed by atoms with E-state index in [9.17, 15) is 4.79 Å². The third-order valence-corrected chi connectivity index (χ3v) is 5.74. The summed E-state index contributed by atoms with van der Waals surface area (Å²) >= 11 is 0. The molecule has 0 unspecified atom stereocenters. The molecule has 0 bridgehead atoms. The first kappa shape index (κ1) is 20.5. The number of rotatable bonds is 7. The fourth-order valence-electron chi connectivity index (χ4n) is 4.08. The van der Waals surface area contributed by atoms with Gasteiger partial charge in [0.15, 0.2) is 5.78 Å². The van der Waals surface area contributed by atoms with Gasteiger partial charge in [0.05, 0.1) is 29.6 Å². The van der Waals surface area contributed by atoms with Crippen LogP contribution in [-0.2, 0) is 11.2 Å². The first-order valence-electron chi connectivity index (χ1n) is 10.7. The van der Waals surface area contributed by atoms with Crippen molar-refractivity contribution in [2.75, 3.05) is 13.7 Å². The average Bonchev–Trinajstić information content (AvgIpc) is 2.77. The van der Waals surface area contributed by atoms with E-state index in [-0.39, 0.29) is 11.7 Å². The second kappa shape index (κ2) is 8.92. The second-order valence-corrected chi connectivity index (χ2v) is 7.97. The molecule has 0 saturated heterocycles. The zero-order valence-electron chi connectivity index (χ0n) is 17.9. The molecule has 0 aliphatic heterocycles. The number of unbranched alkanes of at least 4 members (excludes halogenated alkanes) is 2. The number of carbonyl (C=O) groups excluding carboxylic acids is 1. The molecular formula is C25H28N2O3. The number of fused-ring (bicyclic) bond motifs is 2. The molecular weight excluding hydrogens is 376 g/mol. The maximum absolute atomic E-state index is 13.3. The molecule has 2 aromatic heterocycles. The van der Waals surface area contributed by atoms with Gasteiger partial charge in [-0.15, -0.1) is 0 Å². The Kier molecular flexibility index (Phi) is 6.09. The van der Waals surface area contributed by atoms with Crippen LogP contribution in [0, 0.1) is 5.92 Å². The Bertz CT molecular complexity index is 1060. The molecule has 5 heteroatoms. The molecule has 0 radical (unpaired) electrons. The van der Waals surface area contributed by atoms with Crippen molar-refractivity contribution in [1.82, 2.24) is 9.97 Å². The number of hydrogen-bond donors (Lipinski definition) is 0. The normalized spacial score (nSPS) is 18.4. The highest BCUT2D eigenvalue weighted by Crippen LogP contribution is 2.35. The van der Waals surface area contributed by atoms with Crippen molar-refractivity contribution in [3.63, 3.8) is 0 Å². The topological polar surface area (TPSA) is 61.3 Å². The lowest BCUT2D eigenvalue weighted by Gasteiger charge is -2.29. The molecule has 0 N–H and O–H groups in total. The van der Waals surface area contributed by atoms with Crippen LogP contribution in [-0.4, -0.2) is 35.6 Å². The van der Waals surface area contributed by atoms with Crippen molar-refractivity contribution in [1.29, 1.82) is 0 Å². The summed E-state index contributed by atoms with van der Waals surface area (Å²) in [6, 6.07) is 13.8. The van der Waals surface area contributed by atoms with Crippen LogP contribution in [0.2, 0.25) is 0 Å². The van der Waals surface area contributed by atoms with Crippen LogP contribution in [0.25, 0.3) is 22.2 Å². The number of hydrogen-bond acceptors (Lipinski definition) is 5. The van der Waals surface area contributed by atoms with Crippen molar-refractivity contribution >= 4 is 16.7 Å². The van der Waals surface area contributed by atoms with E-state index in [0.717, 1.165) is 47.1 Å². The molecule has 0 spiro atoms. The van der Waals surface area contributed by atoms with Gasteiger partial charge in [-0.2, -0.15) is 0 Å². The Morgan fingerprint density at radius 2 is 1.90 bits per heavy atom. The molecule has 4 rings (SSSR count). The van der Waals surface area contributed by atoms with E-state index in [1.165, 1.54) is 0 Å². The first-order chi connectivity index (χ1) is 14.6. The fourth-order valence-corrected chi connectivity index (χ4v) is 4.08. The van der Waals surface area contributed by atoms with Crippen LogP contribution in [0.4, 0.5) is 0 Å². The van der Waals surface area contributed by atoms with Gasteiger partial charge in [-0.3, -0.25) is 4.79 Å². The number of carbonyl (C=O) groups is 1. The van der Waals surface area contributed by atoms with E-state index in [0.29, 0.717) is 24.5 Å². The summed E-state index contributed by atoms with van der Waals surface area (Å²) in [5, 5.41) is 1.07. The van der Waals surface area contributed by atoms with E-state index in [1.807, 2.05) is 42.5 Å². The molecule has 3 aromatic rings. The van der Waals surface area contributed by atoms with E-state index in [2.05, 4.69) is 13.8 Å². The lowest BCUT2D eigenvalue weighted by molar-refractivity contribution is 0.0148. The minimum atomic E-state index is -0.415. The fraction of sp³-hybridized carbons (Fsp3) is 0.400. The number of ketones is 1. The summed E-state index contributed by atoms with van der Waals surface area (Å²) in [5.74, 6) is 0.602. The molecule has 5 nitrogen and oxygen atoms in total. The van der Waals surface area contributed by atoms with Gasteiger partial charge < -0.3 is 9.47 Å². The van der Waals surface area contributed by atoms with Gasteiger partial charge in [-0.1, -0.05) is 51.0 Å². The minimum absolute atomic E-state index is 0.0115. The molecule has 0 saturated carbocycles. The van der Waals surface area contributed by atoms with Crippen molar-refractivity contribution in [2.45, 2.75) is 45.6 Å². The maximum Gasteiger partial charge on any atom is 0.222 e. The van der Waals surface area contributed by atoms with Crippen LogP contribution in [0.1, 0.15) is 49.2 Å². The average molecular weight is 405 g/mol. The highest BCUT2D eigenvalue weighted by Gasteiger charge is 2.35. The third-order valence-electron chi connectivity index (χ3n) is 5.74. The Hall–Kier alpha value is -2.79. The Morgan fingerprint density at radius 1 is 1.07 bits per heavy atom. The summed E-state index contributed by atoms with van der Waals surface area (Å²) in [6.45, 7) is 4.83. The number of pyridine rings is 2. The van der Waals surface area contributed by atoms with Crippen molar-refractivity contribution < 1.29 is 14.3 Å². The molecule has 2 atom stereocenters. The van der Waals surface area contributed by atoms with Crippen LogP contribution >= 0.6 is 0 Å². The monoisotopic (exact) mass is 404 g/mol. The number of methoxy groups -OCH3 is 1. The van der Waals surface area contributed by atoms with Crippen LogP contribution in [0.5, 0.6) is 5.88 Å². The molecule has 156 valence electrons. The molecule has 30 heavy (non-hydrogen) atoms. The Morgan fingerprint density at radius 3 is 2.70 bits per heavy atom. The summed E-state index contributed by atoms with van der Waals surface area (Å²) in [4.78, 5) is 22.7. The molecule has 1 aliphatic rings. The van der Waals surface area contributed by atoms with Crippen LogP contribution in [0.3, 0.4) is 0 Å². The van der Waals surface area contributed by atoms with E-state index in [4.69, 9.17) is 19.4 Å². The Balaban J connectivity index is 1.70. The zero-order chi connectivity index (χ0) is 21.1. The van der Waals surface area contributed by atoms with Crippen molar-refractivity contribution in [3.8, 4) is 17.1 Å². The van der Waals surface area contributed by atoms with Gasteiger partial charge in [-0.05, 0) is 37.0 Å². The summed E-state index contributed by atoms with van der Waals surface area (Å²) < 4.78 is 11.6. The van der Waals surface area contributed by atoms with Gasteiger partial charge >= 0.3 is 0 Å². The van der Waals surface area contributed by atoms with Crippen molar-refractivity contribution in [2.24, 2.45) is 5.92 Å². The molecule has 0 fully saturated rings. The SMILES string of the molecule is CCCCCO[C@@H]1C(=O)c2cc(-c3ccc4ccccc4n3)c(OC)nc2C[C@H]1C. The largest absolute Gasteiger partial charge is 0.480 e. The summed E-state index contributed by atoms with van der Waals surface area (Å²) in [6.07, 6.45) is 3.50. The van der Waals surface area contributed by atoms with Crippen molar-refractivity contribution in [3.05, 3.63) is 53.7 Å². The van der Waals surface area contributed by atoms with Gasteiger partial charge in [0, 0.05) is 17.6 Å². The van der Waals surface area contributed by atoms with E-state index < -0.39 is 6.10 Å². The Labute approximate surface area is 177 Å². The number of nitrogens with zero attached hydrogens (tertiary/aromatic N) is 2. The quantitative estimate of drug-likeness (QED) is 0.503. The molecule has 2 heterocycles. The predicted octanol–water partition coefficient (Wildman–Crippen LogP) is 5.26. The number of aromatic nitrogens is 2. The van der Waals surface area contributed by atoms with E-state index >= 15 is 0 Å². The van der Waals surface area contributed by atoms with Crippen LogP contribution < -0.4 is 4.74 Å². The highest BCUT2D eigenvalue weighted by atomic mass is 16.5. The molecule has 1 aliphatic carbocycles. The van der Waals surface area contributed by atoms with Gasteiger partial charge in [0.25, 0.3) is 0 Å². The number of Topliss-reactive ketones (excluding diaryl/α,β-unsaturated/α-hetero) is 1. The van der Waals surface area contributed by atoms with Gasteiger partial charge in [0.2, 0.25) is 5.88 Å². The summed E-state index contributed by atoms with van der Waals surface area (Å²) in [7, 11) is 1.60. The number of ether oxygens (including phenoxy) is 2. The lowest BCUT2D eigenvalue weighted by Crippen LogP contribution is -2.38. The second-order valence-electron chi connectivity index (χ2n) is 7.97. The van der Waals surface area contributed by atoms with Gasteiger partial charge in [-0.25, -0.2) is 9.97 Å². The lowest BCUT2D eigenvalue weighted by atomic mass is 9.83. The minimum Gasteiger partial charge on any atom is -0.480 e. The van der Waals surface area contributed by atoms with E-state index in [1.54, 1.807) is 7.11 Å². The number of benzene rings is 1. The molecule has 0 amide bonds. The van der Waals surface area contributed by atoms with Gasteiger partial charge in [0.1, 0.15) is 6.10 Å². The van der Waals surface area contributed by atoms with Crippen LogP contribution in [0.15, 0.2) is 42.5 Å². The third kappa shape index (κ3) is 3.94. The maximum atomic E-state index is 13.3. The number of para-hydroxylation sites is 1. The zero-order valence-corrected chi connectivity index (χ0v) is 17.9. The first-order valence-corrected chi connectivity index (χ1v) is 10.7. The molecule has 1 aromatic carbocycles.